The molecule has 0 aromatic heterocycles. The van der Waals surface area contributed by atoms with Crippen molar-refractivity contribution in [1.82, 2.24) is 0 Å². The van der Waals surface area contributed by atoms with Crippen molar-refractivity contribution in [3.63, 3.8) is 0 Å². The molecule has 0 heterocycles. The van der Waals surface area contributed by atoms with E-state index in [1.165, 1.54) is 25.7 Å². The zero-order chi connectivity index (χ0) is 7.56. The van der Waals surface area contributed by atoms with Crippen LogP contribution in [0, 0.1) is 17.8 Å². The Morgan fingerprint density at radius 1 is 1.30 bits per heavy atom. The maximum Gasteiger partial charge on any atom is -0.0360 e. The van der Waals surface area contributed by atoms with Crippen LogP contribution in [0.15, 0.2) is 0 Å². The van der Waals surface area contributed by atoms with Crippen LogP contribution in [0.25, 0.3) is 0 Å². The summed E-state index contributed by atoms with van der Waals surface area (Å²) in [6.45, 7) is 7.06. The zero-order valence-corrected chi connectivity index (χ0v) is 7.56. The largest absolute Gasteiger partial charge is 0.0651 e. The van der Waals surface area contributed by atoms with Gasteiger partial charge >= 0.3 is 0 Å². The van der Waals surface area contributed by atoms with Gasteiger partial charge in [-0.1, -0.05) is 33.6 Å². The van der Waals surface area contributed by atoms with Crippen LogP contribution in [0.1, 0.15) is 46.5 Å². The average molecular weight is 140 g/mol. The number of hydrogen-bond acceptors (Lipinski definition) is 0. The highest BCUT2D eigenvalue weighted by molar-refractivity contribution is 4.82. The van der Waals surface area contributed by atoms with E-state index in [0.717, 1.165) is 17.8 Å². The van der Waals surface area contributed by atoms with Crippen molar-refractivity contribution in [3.8, 4) is 0 Å². The smallest absolute Gasteiger partial charge is 0.0360 e. The van der Waals surface area contributed by atoms with Crippen LogP contribution in [0.3, 0.4) is 0 Å². The Balaban J connectivity index is 2.27. The van der Waals surface area contributed by atoms with Crippen molar-refractivity contribution in [2.24, 2.45) is 17.8 Å². The summed E-state index contributed by atoms with van der Waals surface area (Å²) >= 11 is 0. The van der Waals surface area contributed by atoms with Gasteiger partial charge in [0.05, 0.1) is 0 Å². The summed E-state index contributed by atoms with van der Waals surface area (Å²) in [7, 11) is 0. The first-order valence-corrected chi connectivity index (χ1v) is 4.79. The van der Waals surface area contributed by atoms with E-state index in [1.807, 2.05) is 0 Å². The number of rotatable bonds is 3. The summed E-state index contributed by atoms with van der Waals surface area (Å²) in [5, 5.41) is 0. The summed E-state index contributed by atoms with van der Waals surface area (Å²) in [6, 6.07) is 0. The summed E-state index contributed by atoms with van der Waals surface area (Å²) in [5.74, 6) is 3.14. The first-order valence-electron chi connectivity index (χ1n) is 4.79. The van der Waals surface area contributed by atoms with Gasteiger partial charge in [-0.2, -0.15) is 0 Å². The highest BCUT2D eigenvalue weighted by atomic mass is 14.4. The fraction of sp³-hybridized carbons (Fsp3) is 1.00. The minimum Gasteiger partial charge on any atom is -0.0651 e. The summed E-state index contributed by atoms with van der Waals surface area (Å²) in [4.78, 5) is 0. The molecule has 0 amide bonds. The Morgan fingerprint density at radius 2 is 2.00 bits per heavy atom. The molecule has 1 saturated carbocycles. The van der Waals surface area contributed by atoms with E-state index in [-0.39, 0.29) is 0 Å². The molecule has 1 aliphatic carbocycles. The topological polar surface area (TPSA) is 0 Å². The lowest BCUT2D eigenvalue weighted by Gasteiger charge is -2.40. The van der Waals surface area contributed by atoms with Crippen LogP contribution in [-0.2, 0) is 0 Å². The molecule has 3 unspecified atom stereocenters. The van der Waals surface area contributed by atoms with Crippen LogP contribution in [-0.4, -0.2) is 0 Å². The van der Waals surface area contributed by atoms with Gasteiger partial charge in [0.25, 0.3) is 0 Å². The molecule has 0 spiro atoms. The van der Waals surface area contributed by atoms with Crippen molar-refractivity contribution < 1.29 is 0 Å². The van der Waals surface area contributed by atoms with Crippen LogP contribution < -0.4 is 0 Å². The lowest BCUT2D eigenvalue weighted by atomic mass is 9.66. The Labute approximate surface area is 65.0 Å². The summed E-state index contributed by atoms with van der Waals surface area (Å²) in [5.41, 5.74) is 0. The van der Waals surface area contributed by atoms with Gasteiger partial charge in [-0.3, -0.25) is 0 Å². The van der Waals surface area contributed by atoms with Crippen LogP contribution in [0.2, 0.25) is 0 Å². The molecular weight excluding hydrogens is 120 g/mol. The van der Waals surface area contributed by atoms with E-state index < -0.39 is 0 Å². The zero-order valence-electron chi connectivity index (χ0n) is 7.56. The van der Waals surface area contributed by atoms with Crippen molar-refractivity contribution >= 4 is 0 Å². The van der Waals surface area contributed by atoms with E-state index in [0.29, 0.717) is 0 Å². The lowest BCUT2D eigenvalue weighted by molar-refractivity contribution is 0.107. The average Bonchev–Trinajstić information content (AvgIpc) is 1.86. The summed E-state index contributed by atoms with van der Waals surface area (Å²) < 4.78 is 0. The Kier molecular flexibility index (Phi) is 2.76. The fourth-order valence-electron chi connectivity index (χ4n) is 2.15. The molecule has 1 rings (SSSR count). The first kappa shape index (κ1) is 8.10. The molecule has 10 heavy (non-hydrogen) atoms. The minimum atomic E-state index is 0.985. The quantitative estimate of drug-likeness (QED) is 0.563. The van der Waals surface area contributed by atoms with Crippen LogP contribution >= 0.6 is 0 Å². The molecule has 0 heteroatoms. The van der Waals surface area contributed by atoms with Crippen LogP contribution in [0.5, 0.6) is 0 Å². The second-order valence-corrected chi connectivity index (χ2v) is 3.80. The lowest BCUT2D eigenvalue weighted by Crippen LogP contribution is -2.30. The fourth-order valence-corrected chi connectivity index (χ4v) is 2.15. The van der Waals surface area contributed by atoms with Crippen molar-refractivity contribution in [1.29, 1.82) is 0 Å². The minimum absolute atomic E-state index is 0.985. The van der Waals surface area contributed by atoms with E-state index >= 15 is 0 Å². The Morgan fingerprint density at radius 3 is 2.30 bits per heavy atom. The SMILES string of the molecule is CCC(C)C1CCC1CC. The third-order valence-electron chi connectivity index (χ3n) is 3.38. The third-order valence-corrected chi connectivity index (χ3v) is 3.38. The van der Waals surface area contributed by atoms with E-state index in [2.05, 4.69) is 20.8 Å². The molecule has 60 valence electrons. The predicted octanol–water partition coefficient (Wildman–Crippen LogP) is 3.47. The highest BCUT2D eigenvalue weighted by Gasteiger charge is 2.32. The van der Waals surface area contributed by atoms with Gasteiger partial charge in [0.15, 0.2) is 0 Å². The molecule has 0 bridgehead atoms. The molecule has 0 aromatic carbocycles. The second-order valence-electron chi connectivity index (χ2n) is 3.80. The van der Waals surface area contributed by atoms with Crippen molar-refractivity contribution in [2.45, 2.75) is 46.5 Å². The molecule has 0 aromatic rings. The first-order chi connectivity index (χ1) is 4.79. The molecule has 0 aliphatic heterocycles. The van der Waals surface area contributed by atoms with Gasteiger partial charge in [0.1, 0.15) is 0 Å². The molecule has 1 aliphatic rings. The molecule has 0 nitrogen and oxygen atoms in total. The second kappa shape index (κ2) is 3.41. The number of hydrogen-bond donors (Lipinski definition) is 0. The van der Waals surface area contributed by atoms with Gasteiger partial charge < -0.3 is 0 Å². The highest BCUT2D eigenvalue weighted by Crippen LogP contribution is 2.42. The van der Waals surface area contributed by atoms with Crippen LogP contribution in [0.4, 0.5) is 0 Å². The van der Waals surface area contributed by atoms with Gasteiger partial charge in [-0.25, -0.2) is 0 Å². The molecule has 0 saturated heterocycles. The van der Waals surface area contributed by atoms with Crippen molar-refractivity contribution in [2.75, 3.05) is 0 Å². The Hall–Kier alpha value is 0. The molecule has 0 N–H and O–H groups in total. The monoisotopic (exact) mass is 140 g/mol. The third kappa shape index (κ3) is 1.36. The molecule has 1 fully saturated rings. The summed E-state index contributed by atoms with van der Waals surface area (Å²) in [6.07, 6.45) is 5.80. The van der Waals surface area contributed by atoms with E-state index in [4.69, 9.17) is 0 Å². The van der Waals surface area contributed by atoms with Gasteiger partial charge in [-0.05, 0) is 30.6 Å². The molecule has 3 atom stereocenters. The normalized spacial score (nSPS) is 35.1. The molecular formula is C10H20. The van der Waals surface area contributed by atoms with E-state index in [9.17, 15) is 0 Å². The maximum absolute atomic E-state index is 2.41. The molecule has 0 radical (unpaired) electrons. The predicted molar refractivity (Wildman–Crippen MR) is 46.0 cm³/mol. The van der Waals surface area contributed by atoms with Crippen molar-refractivity contribution in [3.05, 3.63) is 0 Å². The standard InChI is InChI=1S/C10H20/c1-4-8(3)10-7-6-9(10)5-2/h8-10H,4-7H2,1-3H3. The van der Waals surface area contributed by atoms with Gasteiger partial charge in [-0.15, -0.1) is 0 Å². The van der Waals surface area contributed by atoms with Gasteiger partial charge in [0.2, 0.25) is 0 Å². The maximum atomic E-state index is 2.41. The Bertz CT molecular complexity index is 87.5. The van der Waals surface area contributed by atoms with E-state index in [1.54, 1.807) is 0 Å². The van der Waals surface area contributed by atoms with Gasteiger partial charge in [0, 0.05) is 0 Å².